The van der Waals surface area contributed by atoms with Crippen molar-refractivity contribution in [3.05, 3.63) is 31.2 Å². The van der Waals surface area contributed by atoms with Gasteiger partial charge in [-0.15, -0.1) is 0 Å². The van der Waals surface area contributed by atoms with Crippen LogP contribution in [0.3, 0.4) is 0 Å². The quantitative estimate of drug-likeness (QED) is 0.172. The number of nitrogens with zero attached hydrogens (tertiary/aromatic N) is 2. The Kier molecular flexibility index (Phi) is 10.5. The number of rotatable bonds is 5. The number of fused-ring (bicyclic) bond motifs is 1. The molecule has 0 radical (unpaired) electrons. The second-order valence-corrected chi connectivity index (χ2v) is 8.36. The van der Waals surface area contributed by atoms with E-state index < -0.39 is 0 Å². The predicted octanol–water partition coefficient (Wildman–Crippen LogP) is -0.745. The number of likely N-dealkylation sites (N-methyl/N-ethyl adjacent to an activating group) is 2. The normalized spacial score (nSPS) is 15.5. The summed E-state index contributed by atoms with van der Waals surface area (Å²) in [5.41, 5.74) is 2.12. The molecule has 2 nitrogen and oxygen atoms in total. The Labute approximate surface area is 200 Å². The van der Waals surface area contributed by atoms with Crippen molar-refractivity contribution in [2.75, 3.05) is 40.3 Å². The third-order valence-electron chi connectivity index (χ3n) is 5.26. The Morgan fingerprint density at radius 3 is 1.54 bits per heavy atom. The van der Waals surface area contributed by atoms with Crippen molar-refractivity contribution in [2.24, 2.45) is 0 Å². The van der Waals surface area contributed by atoms with Gasteiger partial charge in [0, 0.05) is 11.1 Å². The van der Waals surface area contributed by atoms with Gasteiger partial charge in [0.25, 0.3) is 0 Å². The summed E-state index contributed by atoms with van der Waals surface area (Å²) in [4.78, 5) is 0. The van der Waals surface area contributed by atoms with Gasteiger partial charge in [-0.3, -0.25) is 0 Å². The van der Waals surface area contributed by atoms with E-state index in [2.05, 4.69) is 27.9 Å². The standard InChI is InChI=1S/C16H24Cl4N2.2HI/c1-5-21(3,6-2)7-8-22(4)9-11-12(10-22)14(18)16(20)15(19)13(11)17;;/h5-10H2,1-4H3;2*1H/q+2;;/p-2. The van der Waals surface area contributed by atoms with Crippen molar-refractivity contribution < 1.29 is 56.9 Å². The molecule has 1 aliphatic rings. The Hall–Kier alpha value is 1.76. The first kappa shape index (κ1) is 25.8. The number of hydrogen-bond donors (Lipinski definition) is 0. The van der Waals surface area contributed by atoms with E-state index in [4.69, 9.17) is 46.4 Å². The Morgan fingerprint density at radius 2 is 1.21 bits per heavy atom. The highest BCUT2D eigenvalue weighted by molar-refractivity contribution is 6.52. The van der Waals surface area contributed by atoms with Crippen LogP contribution in [0, 0.1) is 0 Å². The van der Waals surface area contributed by atoms with Gasteiger partial charge in [-0.05, 0) is 13.8 Å². The van der Waals surface area contributed by atoms with E-state index in [1.807, 2.05) is 0 Å². The number of benzene rings is 1. The molecule has 24 heavy (non-hydrogen) atoms. The molecule has 0 atom stereocenters. The van der Waals surface area contributed by atoms with Gasteiger partial charge in [0.05, 0.1) is 47.3 Å². The van der Waals surface area contributed by atoms with Gasteiger partial charge >= 0.3 is 0 Å². The molecule has 1 aromatic rings. The van der Waals surface area contributed by atoms with E-state index in [9.17, 15) is 0 Å². The molecule has 0 spiro atoms. The molecule has 0 aromatic heterocycles. The maximum absolute atomic E-state index is 6.40. The molecular formula is C16H24Cl4I2N2. The van der Waals surface area contributed by atoms with Gasteiger partial charge in [0.2, 0.25) is 0 Å². The summed E-state index contributed by atoms with van der Waals surface area (Å²) in [5.74, 6) is 0. The van der Waals surface area contributed by atoms with E-state index >= 15 is 0 Å². The fourth-order valence-corrected chi connectivity index (χ4v) is 4.10. The number of quaternary nitrogens is 2. The van der Waals surface area contributed by atoms with Gasteiger partial charge < -0.3 is 56.9 Å². The van der Waals surface area contributed by atoms with Crippen molar-refractivity contribution in [3.8, 4) is 0 Å². The summed E-state index contributed by atoms with van der Waals surface area (Å²) in [7, 11) is 4.56. The lowest BCUT2D eigenvalue weighted by Crippen LogP contribution is -3.00. The van der Waals surface area contributed by atoms with E-state index in [0.717, 1.165) is 59.4 Å². The molecule has 8 heteroatoms. The maximum atomic E-state index is 6.40. The van der Waals surface area contributed by atoms with Crippen molar-refractivity contribution in [2.45, 2.75) is 26.9 Å². The van der Waals surface area contributed by atoms with Crippen LogP contribution in [0.1, 0.15) is 25.0 Å². The van der Waals surface area contributed by atoms with Crippen LogP contribution in [0.4, 0.5) is 0 Å². The summed E-state index contributed by atoms with van der Waals surface area (Å²) in [6.45, 7) is 10.7. The minimum atomic E-state index is 0. The van der Waals surface area contributed by atoms with Crippen LogP contribution in [-0.2, 0) is 13.1 Å². The van der Waals surface area contributed by atoms with Crippen molar-refractivity contribution in [1.29, 1.82) is 0 Å². The average molecular weight is 640 g/mol. The molecule has 140 valence electrons. The van der Waals surface area contributed by atoms with E-state index in [-0.39, 0.29) is 48.0 Å². The van der Waals surface area contributed by atoms with E-state index in [1.165, 1.54) is 0 Å². The van der Waals surface area contributed by atoms with Gasteiger partial charge in [0.15, 0.2) is 0 Å². The smallest absolute Gasteiger partial charge is 0.129 e. The number of hydrogen-bond acceptors (Lipinski definition) is 0. The maximum Gasteiger partial charge on any atom is 0.129 e. The second kappa shape index (κ2) is 9.80. The lowest BCUT2D eigenvalue weighted by molar-refractivity contribution is -0.972. The highest BCUT2D eigenvalue weighted by Crippen LogP contribution is 2.46. The average Bonchev–Trinajstić information content (AvgIpc) is 2.87. The lowest BCUT2D eigenvalue weighted by Gasteiger charge is -2.37. The third kappa shape index (κ3) is 5.18. The molecule has 0 bridgehead atoms. The van der Waals surface area contributed by atoms with Gasteiger partial charge in [0.1, 0.15) is 26.2 Å². The first-order chi connectivity index (χ1) is 10.2. The Balaban J connectivity index is 0.00000264. The molecular weight excluding hydrogens is 616 g/mol. The molecule has 0 fully saturated rings. The highest BCUT2D eigenvalue weighted by atomic mass is 127. The zero-order valence-electron chi connectivity index (χ0n) is 14.4. The van der Waals surface area contributed by atoms with Gasteiger partial charge in [-0.1, -0.05) is 46.4 Å². The SMILES string of the molecule is CC[N+](C)(CC)CC[N+]1(C)Cc2c(Cl)c(Cl)c(Cl)c(Cl)c2C1.[I-].[I-]. The van der Waals surface area contributed by atoms with Crippen molar-refractivity contribution >= 4 is 46.4 Å². The molecule has 1 aliphatic heterocycles. The second-order valence-electron chi connectivity index (χ2n) is 6.85. The van der Waals surface area contributed by atoms with Gasteiger partial charge in [-0.25, -0.2) is 0 Å². The summed E-state index contributed by atoms with van der Waals surface area (Å²) < 4.78 is 1.98. The molecule has 0 amide bonds. The molecule has 0 aliphatic carbocycles. The monoisotopic (exact) mass is 638 g/mol. The fourth-order valence-electron chi connectivity index (χ4n) is 3.05. The Bertz CT molecular complexity index is 555. The van der Waals surface area contributed by atoms with Crippen LogP contribution in [0.25, 0.3) is 0 Å². The molecule has 0 saturated carbocycles. The summed E-state index contributed by atoms with van der Waals surface area (Å²) >= 11 is 25.2. The van der Waals surface area contributed by atoms with Crippen LogP contribution in [0.15, 0.2) is 0 Å². The van der Waals surface area contributed by atoms with Crippen LogP contribution in [-0.4, -0.2) is 49.2 Å². The fraction of sp³-hybridized carbons (Fsp3) is 0.625. The van der Waals surface area contributed by atoms with Crippen molar-refractivity contribution in [3.63, 3.8) is 0 Å². The molecule has 2 rings (SSSR count). The Morgan fingerprint density at radius 1 is 0.833 bits per heavy atom. The minimum absolute atomic E-state index is 0. The highest BCUT2D eigenvalue weighted by Gasteiger charge is 2.38. The van der Waals surface area contributed by atoms with Crippen LogP contribution in [0.5, 0.6) is 0 Å². The zero-order valence-corrected chi connectivity index (χ0v) is 21.7. The van der Waals surface area contributed by atoms with Crippen LogP contribution < -0.4 is 48.0 Å². The summed E-state index contributed by atoms with van der Waals surface area (Å²) in [5, 5.41) is 1.89. The topological polar surface area (TPSA) is 0 Å². The molecule has 0 unspecified atom stereocenters. The molecule has 0 saturated heterocycles. The van der Waals surface area contributed by atoms with E-state index in [0.29, 0.717) is 20.1 Å². The lowest BCUT2D eigenvalue weighted by atomic mass is 10.1. The van der Waals surface area contributed by atoms with E-state index in [1.54, 1.807) is 0 Å². The van der Waals surface area contributed by atoms with Crippen LogP contribution >= 0.6 is 46.4 Å². The molecule has 1 aromatic carbocycles. The largest absolute Gasteiger partial charge is 1.00 e. The predicted molar refractivity (Wildman–Crippen MR) is 97.1 cm³/mol. The first-order valence-corrected chi connectivity index (χ1v) is 9.18. The van der Waals surface area contributed by atoms with Crippen molar-refractivity contribution in [1.82, 2.24) is 0 Å². The first-order valence-electron chi connectivity index (χ1n) is 7.67. The molecule has 1 heterocycles. The molecule has 0 N–H and O–H groups in total. The summed E-state index contributed by atoms with van der Waals surface area (Å²) in [6.07, 6.45) is 0. The van der Waals surface area contributed by atoms with Crippen LogP contribution in [0.2, 0.25) is 20.1 Å². The third-order valence-corrected chi connectivity index (χ3v) is 7.14. The summed E-state index contributed by atoms with van der Waals surface area (Å²) in [6, 6.07) is 0. The van der Waals surface area contributed by atoms with Gasteiger partial charge in [-0.2, -0.15) is 0 Å². The zero-order chi connectivity index (χ0) is 16.7. The number of halogens is 6. The minimum Gasteiger partial charge on any atom is -1.00 e.